The van der Waals surface area contributed by atoms with Gasteiger partial charge in [0.1, 0.15) is 0 Å². The van der Waals surface area contributed by atoms with Crippen LogP contribution in [0.15, 0.2) is 66.7 Å². The topological polar surface area (TPSA) is 15.8 Å². The molecule has 2 heteroatoms. The molecule has 0 fully saturated rings. The second-order valence-electron chi connectivity index (χ2n) is 4.88. The average Bonchev–Trinajstić information content (AvgIpc) is 2.86. The Morgan fingerprint density at radius 3 is 2.25 bits per heavy atom. The van der Waals surface area contributed by atoms with E-state index in [0.29, 0.717) is 0 Å². The third-order valence-corrected chi connectivity index (χ3v) is 4.65. The molecular weight excluding hydrogens is 357 g/mol. The standard InChI is InChI=1S/C18H12IN/c19-16-10-3-1-6-12(16)14-8-5-9-15-13-7-2-4-11-17(13)20-18(14)15/h1-11,20H. The van der Waals surface area contributed by atoms with Crippen molar-refractivity contribution in [3.63, 3.8) is 0 Å². The van der Waals surface area contributed by atoms with Crippen LogP contribution in [0.5, 0.6) is 0 Å². The number of fused-ring (bicyclic) bond motifs is 3. The summed E-state index contributed by atoms with van der Waals surface area (Å²) < 4.78 is 1.27. The van der Waals surface area contributed by atoms with Gasteiger partial charge in [-0.15, -0.1) is 0 Å². The Bertz CT molecular complexity index is 921. The minimum absolute atomic E-state index is 1.20. The lowest BCUT2D eigenvalue weighted by Gasteiger charge is -2.06. The zero-order valence-electron chi connectivity index (χ0n) is 10.7. The Morgan fingerprint density at radius 1 is 0.650 bits per heavy atom. The van der Waals surface area contributed by atoms with Crippen molar-refractivity contribution in [2.24, 2.45) is 0 Å². The molecule has 0 aliphatic carbocycles. The quantitative estimate of drug-likeness (QED) is 0.421. The largest absolute Gasteiger partial charge is 0.354 e. The van der Waals surface area contributed by atoms with Crippen LogP contribution in [-0.4, -0.2) is 4.98 Å². The SMILES string of the molecule is Ic1ccccc1-c1cccc2c1[nH]c1ccccc12. The lowest BCUT2D eigenvalue weighted by atomic mass is 10.0. The number of hydrogen-bond donors (Lipinski definition) is 1. The highest BCUT2D eigenvalue weighted by Gasteiger charge is 2.10. The molecule has 1 nitrogen and oxygen atoms in total. The van der Waals surface area contributed by atoms with E-state index in [4.69, 9.17) is 0 Å². The van der Waals surface area contributed by atoms with E-state index in [-0.39, 0.29) is 0 Å². The fourth-order valence-electron chi connectivity index (χ4n) is 2.78. The van der Waals surface area contributed by atoms with Crippen molar-refractivity contribution in [2.75, 3.05) is 0 Å². The van der Waals surface area contributed by atoms with Gasteiger partial charge >= 0.3 is 0 Å². The maximum atomic E-state index is 3.57. The van der Waals surface area contributed by atoms with Crippen molar-refractivity contribution in [1.82, 2.24) is 4.98 Å². The van der Waals surface area contributed by atoms with Gasteiger partial charge in [0.25, 0.3) is 0 Å². The van der Waals surface area contributed by atoms with Crippen LogP contribution in [0.25, 0.3) is 32.9 Å². The summed E-state index contributed by atoms with van der Waals surface area (Å²) in [6.45, 7) is 0. The Kier molecular flexibility index (Phi) is 2.77. The molecule has 20 heavy (non-hydrogen) atoms. The van der Waals surface area contributed by atoms with Gasteiger partial charge in [-0.25, -0.2) is 0 Å². The molecule has 0 aliphatic rings. The van der Waals surface area contributed by atoms with Crippen LogP contribution in [-0.2, 0) is 0 Å². The third-order valence-electron chi connectivity index (χ3n) is 3.71. The Hall–Kier alpha value is -1.81. The van der Waals surface area contributed by atoms with Crippen LogP contribution in [0.3, 0.4) is 0 Å². The highest BCUT2D eigenvalue weighted by molar-refractivity contribution is 14.1. The minimum atomic E-state index is 1.20. The van der Waals surface area contributed by atoms with E-state index in [1.807, 2.05) is 0 Å². The van der Waals surface area contributed by atoms with Gasteiger partial charge in [0.05, 0.1) is 5.52 Å². The van der Waals surface area contributed by atoms with Crippen LogP contribution in [0, 0.1) is 3.57 Å². The molecule has 0 amide bonds. The third kappa shape index (κ3) is 1.75. The van der Waals surface area contributed by atoms with Gasteiger partial charge in [-0.05, 0) is 40.3 Å². The number of benzene rings is 3. The molecule has 0 aliphatic heterocycles. The monoisotopic (exact) mass is 369 g/mol. The molecule has 0 unspecified atom stereocenters. The van der Waals surface area contributed by atoms with E-state index in [2.05, 4.69) is 94.3 Å². The molecule has 4 aromatic rings. The maximum Gasteiger partial charge on any atom is 0.0544 e. The van der Waals surface area contributed by atoms with E-state index in [1.165, 1.54) is 36.5 Å². The number of rotatable bonds is 1. The van der Waals surface area contributed by atoms with E-state index in [1.54, 1.807) is 0 Å². The summed E-state index contributed by atoms with van der Waals surface area (Å²) in [5.74, 6) is 0. The summed E-state index contributed by atoms with van der Waals surface area (Å²) in [6.07, 6.45) is 0. The number of H-pyrrole nitrogens is 1. The van der Waals surface area contributed by atoms with Gasteiger partial charge in [-0.3, -0.25) is 0 Å². The molecule has 0 spiro atoms. The fraction of sp³-hybridized carbons (Fsp3) is 0. The van der Waals surface area contributed by atoms with Gasteiger partial charge in [-0.1, -0.05) is 54.6 Å². The Morgan fingerprint density at radius 2 is 1.35 bits per heavy atom. The first kappa shape index (κ1) is 12.0. The van der Waals surface area contributed by atoms with Crippen LogP contribution < -0.4 is 0 Å². The molecule has 96 valence electrons. The van der Waals surface area contributed by atoms with E-state index < -0.39 is 0 Å². The Balaban J connectivity index is 2.13. The van der Waals surface area contributed by atoms with Crippen LogP contribution in [0.1, 0.15) is 0 Å². The lowest BCUT2D eigenvalue weighted by molar-refractivity contribution is 1.52. The molecule has 1 aromatic heterocycles. The predicted molar refractivity (Wildman–Crippen MR) is 94.0 cm³/mol. The first-order valence-electron chi connectivity index (χ1n) is 6.59. The molecule has 0 radical (unpaired) electrons. The van der Waals surface area contributed by atoms with Crippen LogP contribution >= 0.6 is 22.6 Å². The normalized spacial score (nSPS) is 11.2. The van der Waals surface area contributed by atoms with Crippen LogP contribution in [0.4, 0.5) is 0 Å². The Labute approximate surface area is 130 Å². The highest BCUT2D eigenvalue weighted by Crippen LogP contribution is 2.34. The first-order chi connectivity index (χ1) is 9.84. The summed E-state index contributed by atoms with van der Waals surface area (Å²) in [5.41, 5.74) is 4.97. The summed E-state index contributed by atoms with van der Waals surface area (Å²) in [5, 5.41) is 2.58. The van der Waals surface area contributed by atoms with Crippen molar-refractivity contribution < 1.29 is 0 Å². The summed E-state index contributed by atoms with van der Waals surface area (Å²) >= 11 is 2.40. The fourth-order valence-corrected chi connectivity index (χ4v) is 3.46. The number of halogens is 1. The molecule has 1 heterocycles. The molecule has 0 atom stereocenters. The average molecular weight is 369 g/mol. The zero-order valence-corrected chi connectivity index (χ0v) is 12.9. The maximum absolute atomic E-state index is 3.57. The van der Waals surface area contributed by atoms with Crippen molar-refractivity contribution in [2.45, 2.75) is 0 Å². The number of nitrogens with one attached hydrogen (secondary N) is 1. The van der Waals surface area contributed by atoms with Crippen molar-refractivity contribution in [1.29, 1.82) is 0 Å². The smallest absolute Gasteiger partial charge is 0.0544 e. The zero-order chi connectivity index (χ0) is 13.5. The molecule has 0 saturated carbocycles. The van der Waals surface area contributed by atoms with Crippen molar-refractivity contribution >= 4 is 44.4 Å². The first-order valence-corrected chi connectivity index (χ1v) is 7.67. The van der Waals surface area contributed by atoms with Crippen LogP contribution in [0.2, 0.25) is 0 Å². The number of para-hydroxylation sites is 2. The number of aromatic amines is 1. The summed E-state index contributed by atoms with van der Waals surface area (Å²) in [6, 6.07) is 23.5. The molecule has 0 saturated heterocycles. The van der Waals surface area contributed by atoms with Gasteiger partial charge in [0.15, 0.2) is 0 Å². The number of aromatic nitrogens is 1. The van der Waals surface area contributed by atoms with E-state index in [0.717, 1.165) is 0 Å². The van der Waals surface area contributed by atoms with E-state index in [9.17, 15) is 0 Å². The highest BCUT2D eigenvalue weighted by atomic mass is 127. The van der Waals surface area contributed by atoms with E-state index >= 15 is 0 Å². The second-order valence-corrected chi connectivity index (χ2v) is 6.04. The number of hydrogen-bond acceptors (Lipinski definition) is 0. The molecule has 0 bridgehead atoms. The van der Waals surface area contributed by atoms with Gasteiger partial charge in [-0.2, -0.15) is 0 Å². The molecular formula is C18H12IN. The predicted octanol–water partition coefficient (Wildman–Crippen LogP) is 5.59. The summed E-state index contributed by atoms with van der Waals surface area (Å²) in [4.78, 5) is 3.57. The van der Waals surface area contributed by atoms with Gasteiger partial charge in [0.2, 0.25) is 0 Å². The van der Waals surface area contributed by atoms with Gasteiger partial charge < -0.3 is 4.98 Å². The molecule has 3 aromatic carbocycles. The second kappa shape index (κ2) is 4.63. The van der Waals surface area contributed by atoms with Gasteiger partial charge in [0, 0.05) is 25.4 Å². The molecule has 4 rings (SSSR count). The molecule has 1 N–H and O–H groups in total. The van der Waals surface area contributed by atoms with Crippen molar-refractivity contribution in [3.8, 4) is 11.1 Å². The van der Waals surface area contributed by atoms with Crippen molar-refractivity contribution in [3.05, 3.63) is 70.3 Å². The minimum Gasteiger partial charge on any atom is -0.354 e. The lowest BCUT2D eigenvalue weighted by Crippen LogP contribution is -1.83. The summed E-state index contributed by atoms with van der Waals surface area (Å²) in [7, 11) is 0.